The Morgan fingerprint density at radius 1 is 1.00 bits per heavy atom. The molecule has 3 aliphatic carbocycles. The van der Waals surface area contributed by atoms with Gasteiger partial charge in [-0.2, -0.15) is 0 Å². The highest BCUT2D eigenvalue weighted by Crippen LogP contribution is 2.59. The normalized spacial score (nSPS) is 25.9. The van der Waals surface area contributed by atoms with Crippen molar-refractivity contribution >= 4 is 17.2 Å². The van der Waals surface area contributed by atoms with Gasteiger partial charge >= 0.3 is 0 Å². The molecule has 1 amide bonds. The Morgan fingerprint density at radius 2 is 1.83 bits per heavy atom. The highest BCUT2D eigenvalue weighted by atomic mass is 32.1. The predicted molar refractivity (Wildman–Crippen MR) is 146 cm³/mol. The summed E-state index contributed by atoms with van der Waals surface area (Å²) in [6.07, 6.45) is 2.96. The topological polar surface area (TPSA) is 65.8 Å². The van der Waals surface area contributed by atoms with E-state index in [1.54, 1.807) is 21.0 Å². The Balaban J connectivity index is 1.42. The monoisotopic (exact) mass is 573 g/mol. The maximum absolute atomic E-state index is 15.7. The first kappa shape index (κ1) is 23.6. The number of rotatable bonds is 1. The van der Waals surface area contributed by atoms with Crippen LogP contribution in [0.4, 0.5) is 13.2 Å². The summed E-state index contributed by atoms with van der Waals surface area (Å²) in [5.41, 5.74) is 2.11. The van der Waals surface area contributed by atoms with Gasteiger partial charge in [0.2, 0.25) is 5.43 Å². The number of alkyl halides is 2. The molecule has 6 nitrogen and oxygen atoms in total. The van der Waals surface area contributed by atoms with Gasteiger partial charge in [-0.3, -0.25) is 19.3 Å². The van der Waals surface area contributed by atoms with Crippen LogP contribution >= 0.6 is 11.3 Å². The molecule has 4 aromatic rings. The molecule has 0 radical (unpaired) electrons. The van der Waals surface area contributed by atoms with E-state index in [4.69, 9.17) is 0 Å². The van der Waals surface area contributed by atoms with Gasteiger partial charge in [0.15, 0.2) is 11.4 Å². The minimum atomic E-state index is -3.40. The van der Waals surface area contributed by atoms with E-state index in [0.29, 0.717) is 16.7 Å². The minimum absolute atomic E-state index is 0.0517. The smallest absolute Gasteiger partial charge is 0.280 e. The van der Waals surface area contributed by atoms with Gasteiger partial charge in [0, 0.05) is 46.6 Å². The summed E-state index contributed by atoms with van der Waals surface area (Å²) in [5.74, 6) is -5.29. The minimum Gasteiger partial charge on any atom is -0.502 e. The van der Waals surface area contributed by atoms with Crippen molar-refractivity contribution in [3.8, 4) is 27.3 Å². The Labute approximate surface area is 235 Å². The number of benzene rings is 2. The first-order valence-corrected chi connectivity index (χ1v) is 14.6. The molecular weight excluding hydrogens is 551 g/mol. The predicted octanol–water partition coefficient (Wildman–Crippen LogP) is 5.74. The molecule has 9 rings (SSSR count). The van der Waals surface area contributed by atoms with Crippen LogP contribution in [0.1, 0.15) is 58.0 Å². The lowest BCUT2D eigenvalue weighted by Crippen LogP contribution is -2.64. The molecule has 1 N–H and O–H groups in total. The molecule has 41 heavy (non-hydrogen) atoms. The Kier molecular flexibility index (Phi) is 4.39. The molecule has 1 saturated heterocycles. The molecular formula is C31H22F3N3O3S. The summed E-state index contributed by atoms with van der Waals surface area (Å²) in [4.78, 5) is 29.0. The Morgan fingerprint density at radius 3 is 2.68 bits per heavy atom. The van der Waals surface area contributed by atoms with Gasteiger partial charge in [0.05, 0.1) is 11.6 Å². The second kappa shape index (κ2) is 7.61. The van der Waals surface area contributed by atoms with Gasteiger partial charge < -0.3 is 10.0 Å². The molecule has 206 valence electrons. The third-order valence-electron chi connectivity index (χ3n) is 9.70. The quantitative estimate of drug-likeness (QED) is 0.316. The fourth-order valence-corrected chi connectivity index (χ4v) is 9.31. The largest absolute Gasteiger partial charge is 0.502 e. The summed E-state index contributed by atoms with van der Waals surface area (Å²) in [7, 11) is 0. The van der Waals surface area contributed by atoms with Gasteiger partial charge in [0.1, 0.15) is 12.0 Å². The van der Waals surface area contributed by atoms with Crippen LogP contribution in [0.5, 0.6) is 5.75 Å². The molecule has 2 aliphatic heterocycles. The highest BCUT2D eigenvalue weighted by molar-refractivity contribution is 7.14. The average molecular weight is 574 g/mol. The number of aromatic hydroxyl groups is 1. The molecule has 1 saturated carbocycles. The number of thiophene rings is 1. The molecule has 4 atom stereocenters. The summed E-state index contributed by atoms with van der Waals surface area (Å²) in [5, 5.41) is 14.6. The van der Waals surface area contributed by atoms with Gasteiger partial charge in [-0.1, -0.05) is 30.3 Å². The number of hydrogen-bond acceptors (Lipinski definition) is 5. The summed E-state index contributed by atoms with van der Waals surface area (Å²) in [6, 6.07) is 10.9. The van der Waals surface area contributed by atoms with Crippen LogP contribution in [-0.2, 0) is 12.3 Å². The first-order chi connectivity index (χ1) is 19.8. The number of hydrogen-bond donors (Lipinski definition) is 1. The maximum Gasteiger partial charge on any atom is 0.280 e. The standard InChI is InChI=1S/C31H22F3N3O3S/c32-20-8-7-19-23-22-15(12-31(33,34)24(20)23)13-41-28(22)18-4-2-1-3-17(18)25(19)37-29-14-5-6-16(11-14)36(29)30(40)26-27(39)21(38)9-10-35(26)37/h1-4,7-10,13-14,16,25,29,39H,5-6,11-12H2/t14?,16?,25-,29?/m1/s1. The molecule has 10 heteroatoms. The summed E-state index contributed by atoms with van der Waals surface area (Å²) < 4.78 is 48.4. The number of pyridine rings is 1. The van der Waals surface area contributed by atoms with E-state index < -0.39 is 53.0 Å². The number of halogens is 3. The van der Waals surface area contributed by atoms with Crippen LogP contribution in [0, 0.1) is 11.7 Å². The molecule has 2 bridgehead atoms. The number of fused-ring (bicyclic) bond motifs is 8. The van der Waals surface area contributed by atoms with Crippen LogP contribution < -0.4 is 10.4 Å². The number of nitrogens with zero attached hydrogens (tertiary/aromatic N) is 3. The zero-order valence-electron chi connectivity index (χ0n) is 21.5. The van der Waals surface area contributed by atoms with Crippen molar-refractivity contribution in [2.24, 2.45) is 5.92 Å². The van der Waals surface area contributed by atoms with Gasteiger partial charge in [-0.05, 0) is 53.0 Å². The molecule has 0 spiro atoms. The van der Waals surface area contributed by atoms with Gasteiger partial charge in [-0.25, -0.2) is 13.2 Å². The highest BCUT2D eigenvalue weighted by Gasteiger charge is 2.57. The average Bonchev–Trinajstić information content (AvgIpc) is 3.66. The van der Waals surface area contributed by atoms with Crippen LogP contribution in [0.25, 0.3) is 21.6 Å². The molecule has 3 unspecified atom stereocenters. The first-order valence-electron chi connectivity index (χ1n) is 13.7. The van der Waals surface area contributed by atoms with E-state index in [1.807, 2.05) is 29.3 Å². The van der Waals surface area contributed by atoms with E-state index in [2.05, 4.69) is 0 Å². The second-order valence-corrected chi connectivity index (χ2v) is 12.6. The van der Waals surface area contributed by atoms with E-state index in [0.717, 1.165) is 41.3 Å². The molecule has 4 heterocycles. The van der Waals surface area contributed by atoms with Crippen molar-refractivity contribution < 1.29 is 23.1 Å². The fraction of sp³-hybridized carbons (Fsp3) is 0.290. The number of carbonyl (C=O) groups excluding carboxylic acids is 1. The molecule has 2 fully saturated rings. The lowest BCUT2D eigenvalue weighted by Gasteiger charge is -2.51. The number of piperidine rings is 1. The zero-order valence-corrected chi connectivity index (χ0v) is 22.3. The Hall–Kier alpha value is -4.05. The third-order valence-corrected chi connectivity index (χ3v) is 10.8. The van der Waals surface area contributed by atoms with Crippen LogP contribution in [0.15, 0.2) is 58.8 Å². The van der Waals surface area contributed by atoms with Crippen molar-refractivity contribution in [1.29, 1.82) is 0 Å². The SMILES string of the molecule is O=C1c2c(O)c(=O)ccn2N([C@@H]2c3ccccc3-c3scc4c3-c3c2ccc(F)c3C(F)(F)C4)C2C3CCC(C3)N12. The van der Waals surface area contributed by atoms with Crippen molar-refractivity contribution in [3.63, 3.8) is 0 Å². The number of amides is 1. The second-order valence-electron chi connectivity index (χ2n) is 11.7. The fourth-order valence-electron chi connectivity index (χ4n) is 8.19. The lowest BCUT2D eigenvalue weighted by atomic mass is 9.80. The van der Waals surface area contributed by atoms with E-state index >= 15 is 13.2 Å². The molecule has 5 aliphatic rings. The van der Waals surface area contributed by atoms with Crippen LogP contribution in [0.3, 0.4) is 0 Å². The zero-order chi connectivity index (χ0) is 27.9. The van der Waals surface area contributed by atoms with Gasteiger partial charge in [0.25, 0.3) is 11.8 Å². The third kappa shape index (κ3) is 2.79. The van der Waals surface area contributed by atoms with Crippen LogP contribution in [-0.4, -0.2) is 32.8 Å². The van der Waals surface area contributed by atoms with Crippen molar-refractivity contribution in [2.75, 3.05) is 5.01 Å². The maximum atomic E-state index is 15.7. The van der Waals surface area contributed by atoms with E-state index in [9.17, 15) is 14.7 Å². The molecule has 2 aromatic heterocycles. The van der Waals surface area contributed by atoms with Gasteiger partial charge in [-0.15, -0.1) is 11.3 Å². The van der Waals surface area contributed by atoms with Crippen molar-refractivity contribution in [1.82, 2.24) is 9.58 Å². The Bertz CT molecular complexity index is 1920. The van der Waals surface area contributed by atoms with Crippen molar-refractivity contribution in [3.05, 3.63) is 98.0 Å². The molecule has 2 aromatic carbocycles. The van der Waals surface area contributed by atoms with E-state index in [1.165, 1.54) is 23.6 Å². The lowest BCUT2D eigenvalue weighted by molar-refractivity contribution is -0.00825. The van der Waals surface area contributed by atoms with Crippen molar-refractivity contribution in [2.45, 2.75) is 49.9 Å². The number of aromatic nitrogens is 1. The van der Waals surface area contributed by atoms with Crippen LogP contribution in [0.2, 0.25) is 0 Å². The summed E-state index contributed by atoms with van der Waals surface area (Å²) >= 11 is 1.38. The summed E-state index contributed by atoms with van der Waals surface area (Å²) in [6.45, 7) is 0. The van der Waals surface area contributed by atoms with E-state index in [-0.39, 0.29) is 23.2 Å². The number of carbonyl (C=O) groups is 1.